The number of hydrogen-bond acceptors (Lipinski definition) is 7. The largest absolute Gasteiger partial charge is 0.361 e. The fourth-order valence-corrected chi connectivity index (χ4v) is 2.96. The predicted molar refractivity (Wildman–Crippen MR) is 83.8 cm³/mol. The average Bonchev–Trinajstić information content (AvgIpc) is 3.24. The van der Waals surface area contributed by atoms with Crippen molar-refractivity contribution < 1.29 is 13.8 Å². The highest BCUT2D eigenvalue weighted by Crippen LogP contribution is 2.17. The SMILES string of the molecule is Cc1cc(-c2noc(CNC(=O)CCc3sccc3C)n2)no1. The molecule has 3 aromatic heterocycles. The van der Waals surface area contributed by atoms with E-state index in [0.717, 1.165) is 6.42 Å². The standard InChI is InChI=1S/C15H16N4O3S/c1-9-5-6-23-12(9)3-4-13(20)16-8-14-17-15(19-22-14)11-7-10(2)21-18-11/h5-7H,3-4,8H2,1-2H3,(H,16,20). The van der Waals surface area contributed by atoms with Crippen LogP contribution in [-0.2, 0) is 17.8 Å². The van der Waals surface area contributed by atoms with E-state index in [1.54, 1.807) is 24.3 Å². The maximum Gasteiger partial charge on any atom is 0.246 e. The van der Waals surface area contributed by atoms with Crippen LogP contribution in [0.3, 0.4) is 0 Å². The number of rotatable bonds is 6. The van der Waals surface area contributed by atoms with E-state index in [2.05, 4.69) is 33.6 Å². The summed E-state index contributed by atoms with van der Waals surface area (Å²) in [7, 11) is 0. The van der Waals surface area contributed by atoms with Gasteiger partial charge in [0.15, 0.2) is 5.69 Å². The Balaban J connectivity index is 1.49. The maximum atomic E-state index is 11.9. The van der Waals surface area contributed by atoms with Crippen LogP contribution in [0.5, 0.6) is 0 Å². The molecular formula is C15H16N4O3S. The summed E-state index contributed by atoms with van der Waals surface area (Å²) in [5.74, 6) is 1.31. The Bertz CT molecular complexity index is 805. The van der Waals surface area contributed by atoms with Crippen LogP contribution in [0.4, 0.5) is 0 Å². The average molecular weight is 332 g/mol. The summed E-state index contributed by atoms with van der Waals surface area (Å²) in [4.78, 5) is 17.3. The first-order valence-electron chi connectivity index (χ1n) is 7.18. The lowest BCUT2D eigenvalue weighted by Gasteiger charge is -2.02. The molecule has 1 amide bonds. The molecule has 0 bridgehead atoms. The van der Waals surface area contributed by atoms with Crippen molar-refractivity contribution >= 4 is 17.2 Å². The second-order valence-corrected chi connectivity index (χ2v) is 6.14. The van der Waals surface area contributed by atoms with Crippen LogP contribution in [0.1, 0.15) is 28.5 Å². The van der Waals surface area contributed by atoms with Gasteiger partial charge in [0.1, 0.15) is 5.76 Å². The van der Waals surface area contributed by atoms with Gasteiger partial charge in [-0.3, -0.25) is 4.79 Å². The molecule has 7 nitrogen and oxygen atoms in total. The smallest absolute Gasteiger partial charge is 0.246 e. The Morgan fingerprint density at radius 1 is 1.30 bits per heavy atom. The van der Waals surface area contributed by atoms with Gasteiger partial charge in [-0.15, -0.1) is 11.3 Å². The van der Waals surface area contributed by atoms with Crippen LogP contribution in [0.2, 0.25) is 0 Å². The highest BCUT2D eigenvalue weighted by molar-refractivity contribution is 7.10. The molecule has 0 aliphatic rings. The normalized spacial score (nSPS) is 10.9. The van der Waals surface area contributed by atoms with Gasteiger partial charge in [0.2, 0.25) is 17.6 Å². The van der Waals surface area contributed by atoms with Crippen molar-refractivity contribution in [3.63, 3.8) is 0 Å². The summed E-state index contributed by atoms with van der Waals surface area (Å²) in [6.45, 7) is 4.04. The minimum atomic E-state index is -0.0465. The minimum absolute atomic E-state index is 0.0465. The lowest BCUT2D eigenvalue weighted by atomic mass is 10.2. The number of nitrogens with zero attached hydrogens (tertiary/aromatic N) is 3. The zero-order valence-corrected chi connectivity index (χ0v) is 13.6. The number of carbonyl (C=O) groups excluding carboxylic acids is 1. The van der Waals surface area contributed by atoms with E-state index in [4.69, 9.17) is 9.05 Å². The monoisotopic (exact) mass is 332 g/mol. The van der Waals surface area contributed by atoms with Crippen molar-refractivity contribution in [2.75, 3.05) is 0 Å². The summed E-state index contributed by atoms with van der Waals surface area (Å²) >= 11 is 1.67. The minimum Gasteiger partial charge on any atom is -0.361 e. The third kappa shape index (κ3) is 3.84. The second kappa shape index (κ2) is 6.74. The molecular weight excluding hydrogens is 316 g/mol. The molecule has 1 N–H and O–H groups in total. The molecule has 0 fully saturated rings. The van der Waals surface area contributed by atoms with Crippen molar-refractivity contribution in [1.29, 1.82) is 0 Å². The van der Waals surface area contributed by atoms with Gasteiger partial charge >= 0.3 is 0 Å². The van der Waals surface area contributed by atoms with Crippen LogP contribution in [-0.4, -0.2) is 21.2 Å². The molecule has 23 heavy (non-hydrogen) atoms. The molecule has 3 aromatic rings. The quantitative estimate of drug-likeness (QED) is 0.746. The van der Waals surface area contributed by atoms with E-state index in [1.807, 2.05) is 5.38 Å². The molecule has 0 aliphatic heterocycles. The molecule has 3 rings (SSSR count). The second-order valence-electron chi connectivity index (χ2n) is 5.14. The van der Waals surface area contributed by atoms with Gasteiger partial charge in [-0.25, -0.2) is 0 Å². The third-order valence-electron chi connectivity index (χ3n) is 3.31. The Kier molecular flexibility index (Phi) is 4.52. The van der Waals surface area contributed by atoms with Crippen LogP contribution < -0.4 is 5.32 Å². The molecule has 0 aromatic carbocycles. The zero-order valence-electron chi connectivity index (χ0n) is 12.8. The molecule has 0 saturated carbocycles. The summed E-state index contributed by atoms with van der Waals surface area (Å²) in [6.07, 6.45) is 1.17. The highest BCUT2D eigenvalue weighted by Gasteiger charge is 2.13. The number of thiophene rings is 1. The van der Waals surface area contributed by atoms with Crippen molar-refractivity contribution in [3.8, 4) is 11.5 Å². The number of nitrogens with one attached hydrogen (secondary N) is 1. The molecule has 3 heterocycles. The predicted octanol–water partition coefficient (Wildman–Crippen LogP) is 2.65. The molecule has 0 unspecified atom stereocenters. The first-order chi connectivity index (χ1) is 11.1. The van der Waals surface area contributed by atoms with Gasteiger partial charge < -0.3 is 14.4 Å². The highest BCUT2D eigenvalue weighted by atomic mass is 32.1. The van der Waals surface area contributed by atoms with Gasteiger partial charge in [-0.2, -0.15) is 4.98 Å². The van der Waals surface area contributed by atoms with E-state index in [-0.39, 0.29) is 12.5 Å². The fourth-order valence-electron chi connectivity index (χ4n) is 2.05. The first-order valence-corrected chi connectivity index (χ1v) is 8.05. The summed E-state index contributed by atoms with van der Waals surface area (Å²) in [6, 6.07) is 3.78. The van der Waals surface area contributed by atoms with Gasteiger partial charge in [0, 0.05) is 17.4 Å². The zero-order chi connectivity index (χ0) is 16.2. The number of aryl methyl sites for hydroxylation is 3. The number of aromatic nitrogens is 3. The van der Waals surface area contributed by atoms with E-state index < -0.39 is 0 Å². The summed E-state index contributed by atoms with van der Waals surface area (Å²) < 4.78 is 10.1. The maximum absolute atomic E-state index is 11.9. The molecule has 120 valence electrons. The van der Waals surface area contributed by atoms with Crippen LogP contribution in [0, 0.1) is 13.8 Å². The van der Waals surface area contributed by atoms with Crippen molar-refractivity contribution in [3.05, 3.63) is 39.6 Å². The Morgan fingerprint density at radius 2 is 2.17 bits per heavy atom. The summed E-state index contributed by atoms with van der Waals surface area (Å²) in [5, 5.41) is 12.4. The molecule has 0 radical (unpaired) electrons. The summed E-state index contributed by atoms with van der Waals surface area (Å²) in [5.41, 5.74) is 1.74. The van der Waals surface area contributed by atoms with Gasteiger partial charge in [0.05, 0.1) is 6.54 Å². The van der Waals surface area contributed by atoms with Crippen molar-refractivity contribution in [1.82, 2.24) is 20.6 Å². The number of hydrogen-bond donors (Lipinski definition) is 1. The van der Waals surface area contributed by atoms with Gasteiger partial charge in [0.25, 0.3) is 0 Å². The molecule has 0 saturated heterocycles. The van der Waals surface area contributed by atoms with Crippen molar-refractivity contribution in [2.45, 2.75) is 33.2 Å². The Labute approximate surface area is 136 Å². The topological polar surface area (TPSA) is 94.1 Å². The lowest BCUT2D eigenvalue weighted by molar-refractivity contribution is -0.121. The lowest BCUT2D eigenvalue weighted by Crippen LogP contribution is -2.23. The molecule has 8 heteroatoms. The van der Waals surface area contributed by atoms with Crippen LogP contribution in [0.15, 0.2) is 26.6 Å². The van der Waals surface area contributed by atoms with Crippen LogP contribution in [0.25, 0.3) is 11.5 Å². The van der Waals surface area contributed by atoms with Gasteiger partial charge in [-0.1, -0.05) is 10.3 Å². The third-order valence-corrected chi connectivity index (χ3v) is 4.39. The fraction of sp³-hybridized carbons (Fsp3) is 0.333. The van der Waals surface area contributed by atoms with Gasteiger partial charge in [-0.05, 0) is 37.3 Å². The Hall–Kier alpha value is -2.48. The van der Waals surface area contributed by atoms with Crippen LogP contribution >= 0.6 is 11.3 Å². The first kappa shape index (κ1) is 15.4. The van der Waals surface area contributed by atoms with E-state index in [1.165, 1.54) is 10.4 Å². The molecule has 0 spiro atoms. The van der Waals surface area contributed by atoms with E-state index >= 15 is 0 Å². The van der Waals surface area contributed by atoms with Crippen molar-refractivity contribution in [2.24, 2.45) is 0 Å². The molecule has 0 atom stereocenters. The van der Waals surface area contributed by atoms with E-state index in [9.17, 15) is 4.79 Å². The molecule has 0 aliphatic carbocycles. The number of carbonyl (C=O) groups is 1. The van der Waals surface area contributed by atoms with E-state index in [0.29, 0.717) is 29.6 Å². The Morgan fingerprint density at radius 3 is 2.87 bits per heavy atom. The number of amides is 1.